The van der Waals surface area contributed by atoms with E-state index in [0.717, 1.165) is 22.4 Å². The molecule has 2 rings (SSSR count). The van der Waals surface area contributed by atoms with E-state index in [4.69, 9.17) is 5.73 Å². The fraction of sp³-hybridized carbons (Fsp3) is 0.167. The lowest BCUT2D eigenvalue weighted by Gasteiger charge is -2.11. The van der Waals surface area contributed by atoms with E-state index in [1.165, 1.54) is 0 Å². The second-order valence-electron chi connectivity index (χ2n) is 3.59. The molecule has 0 aliphatic carbocycles. The predicted molar refractivity (Wildman–Crippen MR) is 69.2 cm³/mol. The largest absolute Gasteiger partial charge is 0.366 e. The zero-order valence-corrected chi connectivity index (χ0v) is 10.9. The second-order valence-corrected chi connectivity index (χ2v) is 4.51. The molecule has 0 saturated heterocycles. The van der Waals surface area contributed by atoms with E-state index < -0.39 is 5.91 Å². The molecule has 0 saturated carbocycles. The summed E-state index contributed by atoms with van der Waals surface area (Å²) in [5, 5.41) is 0. The van der Waals surface area contributed by atoms with Crippen LogP contribution in [0.25, 0.3) is 5.69 Å². The van der Waals surface area contributed by atoms with Crippen LogP contribution in [-0.2, 0) is 6.42 Å². The van der Waals surface area contributed by atoms with Gasteiger partial charge in [-0.15, -0.1) is 0 Å². The van der Waals surface area contributed by atoms with Gasteiger partial charge in [-0.3, -0.25) is 4.79 Å². The molecule has 2 N–H and O–H groups in total. The van der Waals surface area contributed by atoms with Gasteiger partial charge in [0, 0.05) is 23.3 Å². The zero-order valence-electron chi connectivity index (χ0n) is 9.35. The standard InChI is InChI=1S/C12H12BrN3O/c1-2-11-15-5-6-16(11)10-7-8(13)3-4-9(10)12(14)17/h3-7H,2H2,1H3,(H2,14,17). The van der Waals surface area contributed by atoms with Gasteiger partial charge in [0.05, 0.1) is 11.3 Å². The summed E-state index contributed by atoms with van der Waals surface area (Å²) in [7, 11) is 0. The Morgan fingerprint density at radius 2 is 2.29 bits per heavy atom. The number of amides is 1. The molecule has 0 atom stereocenters. The van der Waals surface area contributed by atoms with Crippen LogP contribution in [0.1, 0.15) is 23.1 Å². The van der Waals surface area contributed by atoms with E-state index in [9.17, 15) is 4.79 Å². The van der Waals surface area contributed by atoms with Crippen molar-refractivity contribution in [2.24, 2.45) is 5.73 Å². The number of rotatable bonds is 3. The molecule has 88 valence electrons. The van der Waals surface area contributed by atoms with Crippen molar-refractivity contribution in [2.75, 3.05) is 0 Å². The van der Waals surface area contributed by atoms with Crippen molar-refractivity contribution in [1.29, 1.82) is 0 Å². The number of hydrogen-bond donors (Lipinski definition) is 1. The van der Waals surface area contributed by atoms with Crippen molar-refractivity contribution < 1.29 is 4.79 Å². The van der Waals surface area contributed by atoms with Gasteiger partial charge in [0.25, 0.3) is 5.91 Å². The third-order valence-corrected chi connectivity index (χ3v) is 3.01. The maximum Gasteiger partial charge on any atom is 0.250 e. The highest BCUT2D eigenvalue weighted by Gasteiger charge is 2.12. The molecule has 4 nitrogen and oxygen atoms in total. The number of nitrogens with two attached hydrogens (primary N) is 1. The molecule has 1 heterocycles. The highest BCUT2D eigenvalue weighted by Crippen LogP contribution is 2.21. The lowest BCUT2D eigenvalue weighted by molar-refractivity contribution is 0.100. The van der Waals surface area contributed by atoms with Gasteiger partial charge in [-0.05, 0) is 18.2 Å². The molecular formula is C12H12BrN3O. The Kier molecular flexibility index (Phi) is 3.28. The fourth-order valence-electron chi connectivity index (χ4n) is 1.73. The average molecular weight is 294 g/mol. The number of halogens is 1. The number of imidazole rings is 1. The number of carbonyl (C=O) groups is 1. The normalized spacial score (nSPS) is 10.5. The molecule has 1 amide bonds. The van der Waals surface area contributed by atoms with Crippen LogP contribution < -0.4 is 5.73 Å². The van der Waals surface area contributed by atoms with E-state index in [-0.39, 0.29) is 0 Å². The number of aromatic nitrogens is 2. The van der Waals surface area contributed by atoms with Crippen LogP contribution in [0.5, 0.6) is 0 Å². The summed E-state index contributed by atoms with van der Waals surface area (Å²) in [6.07, 6.45) is 4.33. The number of carbonyl (C=O) groups excluding carboxylic acids is 1. The fourth-order valence-corrected chi connectivity index (χ4v) is 2.08. The first-order valence-electron chi connectivity index (χ1n) is 5.25. The van der Waals surface area contributed by atoms with E-state index >= 15 is 0 Å². The van der Waals surface area contributed by atoms with Gasteiger partial charge in [-0.25, -0.2) is 4.98 Å². The van der Waals surface area contributed by atoms with Gasteiger partial charge in [-0.2, -0.15) is 0 Å². The number of benzene rings is 1. The molecule has 1 aromatic carbocycles. The predicted octanol–water partition coefficient (Wildman–Crippen LogP) is 2.30. The molecule has 0 spiro atoms. The summed E-state index contributed by atoms with van der Waals surface area (Å²) in [6.45, 7) is 2.01. The monoisotopic (exact) mass is 293 g/mol. The maximum absolute atomic E-state index is 11.4. The van der Waals surface area contributed by atoms with Crippen LogP contribution in [0.4, 0.5) is 0 Å². The smallest absolute Gasteiger partial charge is 0.250 e. The van der Waals surface area contributed by atoms with Crippen LogP contribution in [0.3, 0.4) is 0 Å². The van der Waals surface area contributed by atoms with Crippen molar-refractivity contribution in [1.82, 2.24) is 9.55 Å². The zero-order chi connectivity index (χ0) is 12.4. The molecule has 5 heteroatoms. The third-order valence-electron chi connectivity index (χ3n) is 2.52. The quantitative estimate of drug-likeness (QED) is 0.944. The van der Waals surface area contributed by atoms with E-state index in [0.29, 0.717) is 5.56 Å². The van der Waals surface area contributed by atoms with Gasteiger partial charge >= 0.3 is 0 Å². The molecular weight excluding hydrogens is 282 g/mol. The lowest BCUT2D eigenvalue weighted by atomic mass is 10.1. The first-order chi connectivity index (χ1) is 8.13. The maximum atomic E-state index is 11.4. The van der Waals surface area contributed by atoms with Crippen LogP contribution in [-0.4, -0.2) is 15.5 Å². The first-order valence-corrected chi connectivity index (χ1v) is 6.04. The Labute approximate surface area is 108 Å². The summed E-state index contributed by atoms with van der Waals surface area (Å²) in [4.78, 5) is 15.6. The summed E-state index contributed by atoms with van der Waals surface area (Å²) in [5.41, 5.74) is 6.61. The SMILES string of the molecule is CCc1nccn1-c1cc(Br)ccc1C(N)=O. The Hall–Kier alpha value is -1.62. The van der Waals surface area contributed by atoms with Gasteiger partial charge in [0.15, 0.2) is 0 Å². The Balaban J connectivity index is 2.65. The Bertz CT molecular complexity index is 563. The molecule has 2 aromatic rings. The molecule has 1 aromatic heterocycles. The van der Waals surface area contributed by atoms with Crippen molar-refractivity contribution in [3.63, 3.8) is 0 Å². The first kappa shape index (κ1) is 11.9. The van der Waals surface area contributed by atoms with Crippen molar-refractivity contribution in [3.05, 3.63) is 46.5 Å². The highest BCUT2D eigenvalue weighted by molar-refractivity contribution is 9.10. The number of nitrogens with zero attached hydrogens (tertiary/aromatic N) is 2. The minimum Gasteiger partial charge on any atom is -0.366 e. The summed E-state index contributed by atoms with van der Waals surface area (Å²) >= 11 is 3.39. The Morgan fingerprint density at radius 3 is 2.94 bits per heavy atom. The van der Waals surface area contributed by atoms with E-state index in [1.807, 2.05) is 23.8 Å². The van der Waals surface area contributed by atoms with Crippen LogP contribution in [0.2, 0.25) is 0 Å². The summed E-state index contributed by atoms with van der Waals surface area (Å²) in [5.74, 6) is 0.453. The Morgan fingerprint density at radius 1 is 1.53 bits per heavy atom. The van der Waals surface area contributed by atoms with E-state index in [1.54, 1.807) is 18.3 Å². The molecule has 0 bridgehead atoms. The van der Waals surface area contributed by atoms with Gasteiger partial charge in [0.1, 0.15) is 5.82 Å². The minimum absolute atomic E-state index is 0.441. The van der Waals surface area contributed by atoms with Crippen molar-refractivity contribution in [3.8, 4) is 5.69 Å². The lowest BCUT2D eigenvalue weighted by Crippen LogP contribution is -2.15. The van der Waals surface area contributed by atoms with Crippen molar-refractivity contribution in [2.45, 2.75) is 13.3 Å². The topological polar surface area (TPSA) is 60.9 Å². The molecule has 17 heavy (non-hydrogen) atoms. The molecule has 0 unspecified atom stereocenters. The van der Waals surface area contributed by atoms with Crippen molar-refractivity contribution >= 4 is 21.8 Å². The molecule has 0 fully saturated rings. The summed E-state index contributed by atoms with van der Waals surface area (Å²) in [6, 6.07) is 5.37. The molecule has 0 radical (unpaired) electrons. The van der Waals surface area contributed by atoms with Gasteiger partial charge in [0.2, 0.25) is 0 Å². The number of primary amides is 1. The molecule has 0 aliphatic rings. The van der Waals surface area contributed by atoms with Gasteiger partial charge in [-0.1, -0.05) is 22.9 Å². The minimum atomic E-state index is -0.441. The summed E-state index contributed by atoms with van der Waals surface area (Å²) < 4.78 is 2.78. The van der Waals surface area contributed by atoms with E-state index in [2.05, 4.69) is 20.9 Å². The third kappa shape index (κ3) is 2.24. The number of aryl methyl sites for hydroxylation is 1. The van der Waals surface area contributed by atoms with Crippen LogP contribution in [0.15, 0.2) is 35.1 Å². The number of hydrogen-bond acceptors (Lipinski definition) is 2. The van der Waals surface area contributed by atoms with Gasteiger partial charge < -0.3 is 10.3 Å². The van der Waals surface area contributed by atoms with Crippen LogP contribution >= 0.6 is 15.9 Å². The highest BCUT2D eigenvalue weighted by atomic mass is 79.9. The van der Waals surface area contributed by atoms with Crippen LogP contribution in [0, 0.1) is 0 Å². The second kappa shape index (κ2) is 4.71. The molecule has 0 aliphatic heterocycles. The average Bonchev–Trinajstić information content (AvgIpc) is 2.76.